The van der Waals surface area contributed by atoms with Crippen LogP contribution in [0.4, 0.5) is 0 Å². The summed E-state index contributed by atoms with van der Waals surface area (Å²) >= 11 is 0. The first-order valence-electron chi connectivity index (χ1n) is 6.98. The van der Waals surface area contributed by atoms with Crippen molar-refractivity contribution in [2.24, 2.45) is 0 Å². The first-order chi connectivity index (χ1) is 10.1. The van der Waals surface area contributed by atoms with Gasteiger partial charge in [-0.15, -0.1) is 0 Å². The van der Waals surface area contributed by atoms with Crippen molar-refractivity contribution < 1.29 is 5.11 Å². The summed E-state index contributed by atoms with van der Waals surface area (Å²) in [6.07, 6.45) is 1.71. The molecular formula is C18H18N2O. The van der Waals surface area contributed by atoms with Gasteiger partial charge in [-0.2, -0.15) is 5.10 Å². The zero-order chi connectivity index (χ0) is 14.9. The molecule has 3 heteroatoms. The third-order valence-corrected chi connectivity index (χ3v) is 3.76. The van der Waals surface area contributed by atoms with E-state index in [2.05, 4.69) is 5.10 Å². The Bertz CT molecular complexity index is 727. The number of aromatic nitrogens is 2. The smallest absolute Gasteiger partial charge is 0.129 e. The SMILES string of the molecule is Cc1ccc(C(C)(O)c2ccnn2-c2ccccc2)cc1. The van der Waals surface area contributed by atoms with Crippen LogP contribution in [0.1, 0.15) is 23.7 Å². The lowest BCUT2D eigenvalue weighted by Gasteiger charge is -2.25. The molecule has 1 atom stereocenters. The number of hydrogen-bond acceptors (Lipinski definition) is 2. The van der Waals surface area contributed by atoms with Crippen molar-refractivity contribution >= 4 is 0 Å². The molecule has 0 saturated carbocycles. The van der Waals surface area contributed by atoms with Gasteiger partial charge >= 0.3 is 0 Å². The van der Waals surface area contributed by atoms with Gasteiger partial charge in [0, 0.05) is 6.20 Å². The van der Waals surface area contributed by atoms with Gasteiger partial charge < -0.3 is 5.11 Å². The van der Waals surface area contributed by atoms with E-state index in [-0.39, 0.29) is 0 Å². The maximum atomic E-state index is 11.0. The highest BCUT2D eigenvalue weighted by Crippen LogP contribution is 2.30. The fraction of sp³-hybridized carbons (Fsp3) is 0.167. The second kappa shape index (κ2) is 5.19. The molecule has 0 spiro atoms. The van der Waals surface area contributed by atoms with Gasteiger partial charge in [0.25, 0.3) is 0 Å². The van der Waals surface area contributed by atoms with E-state index < -0.39 is 5.60 Å². The van der Waals surface area contributed by atoms with Gasteiger partial charge in [0.1, 0.15) is 5.60 Å². The van der Waals surface area contributed by atoms with E-state index >= 15 is 0 Å². The summed E-state index contributed by atoms with van der Waals surface area (Å²) in [5.41, 5.74) is 2.61. The van der Waals surface area contributed by atoms with Crippen LogP contribution in [-0.4, -0.2) is 14.9 Å². The molecule has 0 saturated heterocycles. The van der Waals surface area contributed by atoms with Gasteiger partial charge in [0.2, 0.25) is 0 Å². The molecule has 1 aromatic heterocycles. The molecule has 3 rings (SSSR count). The highest BCUT2D eigenvalue weighted by Gasteiger charge is 2.29. The molecule has 106 valence electrons. The van der Waals surface area contributed by atoms with Crippen LogP contribution in [0, 0.1) is 6.92 Å². The monoisotopic (exact) mass is 278 g/mol. The Morgan fingerprint density at radius 1 is 0.952 bits per heavy atom. The van der Waals surface area contributed by atoms with Gasteiger partial charge in [-0.05, 0) is 37.6 Å². The Labute approximate surface area is 124 Å². The maximum Gasteiger partial charge on any atom is 0.129 e. The summed E-state index contributed by atoms with van der Waals surface area (Å²) in [6, 6.07) is 19.6. The lowest BCUT2D eigenvalue weighted by molar-refractivity contribution is 0.0946. The Kier molecular flexibility index (Phi) is 3.35. The highest BCUT2D eigenvalue weighted by atomic mass is 16.3. The molecule has 0 aliphatic heterocycles. The molecule has 3 nitrogen and oxygen atoms in total. The minimum atomic E-state index is -1.10. The second-order valence-corrected chi connectivity index (χ2v) is 5.40. The molecule has 1 N–H and O–H groups in total. The Morgan fingerprint density at radius 2 is 1.62 bits per heavy atom. The molecule has 0 radical (unpaired) electrons. The molecule has 1 unspecified atom stereocenters. The van der Waals surface area contributed by atoms with E-state index in [4.69, 9.17) is 0 Å². The predicted octanol–water partition coefficient (Wildman–Crippen LogP) is 3.44. The van der Waals surface area contributed by atoms with Gasteiger partial charge in [0.05, 0.1) is 11.4 Å². The van der Waals surface area contributed by atoms with Crippen LogP contribution >= 0.6 is 0 Å². The molecule has 0 amide bonds. The summed E-state index contributed by atoms with van der Waals surface area (Å²) in [5.74, 6) is 0. The summed E-state index contributed by atoms with van der Waals surface area (Å²) in [6.45, 7) is 3.83. The van der Waals surface area contributed by atoms with Crippen molar-refractivity contribution in [2.75, 3.05) is 0 Å². The molecule has 0 aliphatic carbocycles. The molecule has 3 aromatic rings. The van der Waals surface area contributed by atoms with E-state index in [1.165, 1.54) is 5.56 Å². The van der Waals surface area contributed by atoms with Crippen LogP contribution in [0.2, 0.25) is 0 Å². The normalized spacial score (nSPS) is 13.9. The van der Waals surface area contributed by atoms with Crippen LogP contribution in [-0.2, 0) is 5.60 Å². The Balaban J connectivity index is 2.08. The lowest BCUT2D eigenvalue weighted by Crippen LogP contribution is -2.26. The van der Waals surface area contributed by atoms with Gasteiger partial charge in [0.15, 0.2) is 0 Å². The summed E-state index contributed by atoms with van der Waals surface area (Å²) in [7, 11) is 0. The minimum Gasteiger partial charge on any atom is -0.379 e. The number of hydrogen-bond donors (Lipinski definition) is 1. The lowest BCUT2D eigenvalue weighted by atomic mass is 9.91. The van der Waals surface area contributed by atoms with E-state index in [1.54, 1.807) is 17.8 Å². The van der Waals surface area contributed by atoms with Crippen molar-refractivity contribution in [3.05, 3.63) is 83.7 Å². The fourth-order valence-electron chi connectivity index (χ4n) is 2.47. The highest BCUT2D eigenvalue weighted by molar-refractivity contribution is 5.38. The molecule has 0 fully saturated rings. The number of aliphatic hydroxyl groups is 1. The Morgan fingerprint density at radius 3 is 2.29 bits per heavy atom. The minimum absolute atomic E-state index is 0.748. The molecule has 0 bridgehead atoms. The number of para-hydroxylation sites is 1. The van der Waals surface area contributed by atoms with Crippen molar-refractivity contribution in [1.29, 1.82) is 0 Å². The van der Waals surface area contributed by atoms with Crippen molar-refractivity contribution in [3.8, 4) is 5.69 Å². The summed E-state index contributed by atoms with van der Waals surface area (Å²) in [4.78, 5) is 0. The average molecular weight is 278 g/mol. The van der Waals surface area contributed by atoms with E-state index in [0.29, 0.717) is 0 Å². The summed E-state index contributed by atoms with van der Waals surface area (Å²) < 4.78 is 1.78. The number of aryl methyl sites for hydroxylation is 1. The van der Waals surface area contributed by atoms with Crippen LogP contribution in [0.3, 0.4) is 0 Å². The topological polar surface area (TPSA) is 38.1 Å². The first kappa shape index (κ1) is 13.6. The van der Waals surface area contributed by atoms with Crippen LogP contribution < -0.4 is 0 Å². The predicted molar refractivity (Wildman–Crippen MR) is 83.4 cm³/mol. The third kappa shape index (κ3) is 2.48. The van der Waals surface area contributed by atoms with Crippen LogP contribution in [0.5, 0.6) is 0 Å². The first-order valence-corrected chi connectivity index (χ1v) is 6.98. The fourth-order valence-corrected chi connectivity index (χ4v) is 2.47. The molecule has 0 aliphatic rings. The van der Waals surface area contributed by atoms with Crippen LogP contribution in [0.15, 0.2) is 66.9 Å². The zero-order valence-corrected chi connectivity index (χ0v) is 12.2. The number of nitrogens with zero attached hydrogens (tertiary/aromatic N) is 2. The van der Waals surface area contributed by atoms with Crippen LogP contribution in [0.25, 0.3) is 5.69 Å². The molecule has 2 aromatic carbocycles. The van der Waals surface area contributed by atoms with Gasteiger partial charge in [-0.25, -0.2) is 4.68 Å². The van der Waals surface area contributed by atoms with E-state index in [1.807, 2.05) is 67.6 Å². The average Bonchev–Trinajstić information content (AvgIpc) is 2.99. The largest absolute Gasteiger partial charge is 0.379 e. The molecule has 21 heavy (non-hydrogen) atoms. The van der Waals surface area contributed by atoms with E-state index in [9.17, 15) is 5.11 Å². The maximum absolute atomic E-state index is 11.0. The van der Waals surface area contributed by atoms with Crippen molar-refractivity contribution in [3.63, 3.8) is 0 Å². The van der Waals surface area contributed by atoms with E-state index in [0.717, 1.165) is 16.9 Å². The standard InChI is InChI=1S/C18H18N2O/c1-14-8-10-15(11-9-14)18(2,21)17-12-13-19-20(17)16-6-4-3-5-7-16/h3-13,21H,1-2H3. The van der Waals surface area contributed by atoms with Crippen molar-refractivity contribution in [1.82, 2.24) is 9.78 Å². The third-order valence-electron chi connectivity index (χ3n) is 3.76. The summed E-state index contributed by atoms with van der Waals surface area (Å²) in [5, 5.41) is 15.4. The van der Waals surface area contributed by atoms with Gasteiger partial charge in [-0.3, -0.25) is 0 Å². The quantitative estimate of drug-likeness (QED) is 0.797. The number of rotatable bonds is 3. The zero-order valence-electron chi connectivity index (χ0n) is 12.2. The van der Waals surface area contributed by atoms with Gasteiger partial charge in [-0.1, -0.05) is 48.0 Å². The molecular weight excluding hydrogens is 260 g/mol. The Hall–Kier alpha value is -2.39. The molecule has 1 heterocycles. The van der Waals surface area contributed by atoms with Crippen molar-refractivity contribution in [2.45, 2.75) is 19.4 Å². The number of benzene rings is 2. The second-order valence-electron chi connectivity index (χ2n) is 5.40.